The van der Waals surface area contributed by atoms with Crippen LogP contribution >= 0.6 is 11.8 Å². The Bertz CT molecular complexity index is 563. The molecule has 0 heterocycles. The molecule has 0 radical (unpaired) electrons. The molecule has 0 aromatic rings. The molecule has 1 saturated carbocycles. The third-order valence-corrected chi connectivity index (χ3v) is 8.09. The average molecular weight is 485 g/mol. The van der Waals surface area contributed by atoms with Crippen molar-refractivity contribution in [3.05, 3.63) is 11.6 Å². The van der Waals surface area contributed by atoms with Crippen LogP contribution in [0.15, 0.2) is 11.6 Å². The van der Waals surface area contributed by atoms with Crippen LogP contribution in [0.5, 0.6) is 0 Å². The molecule has 3 atom stereocenters. The molecule has 0 bridgehead atoms. The van der Waals surface area contributed by atoms with Gasteiger partial charge in [0.25, 0.3) is 0 Å². The number of ether oxygens (including phenoxy) is 1. The molecule has 1 fully saturated rings. The van der Waals surface area contributed by atoms with Gasteiger partial charge in [-0.15, -0.1) is 11.8 Å². The minimum Gasteiger partial charge on any atom is -0.481 e. The maximum absolute atomic E-state index is 11.7. The van der Waals surface area contributed by atoms with E-state index in [1.165, 1.54) is 95.1 Å². The second-order valence-electron chi connectivity index (χ2n) is 9.49. The van der Waals surface area contributed by atoms with Crippen molar-refractivity contribution in [1.82, 2.24) is 0 Å². The lowest BCUT2D eigenvalue weighted by Crippen LogP contribution is -2.38. The minimum atomic E-state index is -0.788. The Morgan fingerprint density at radius 2 is 1.61 bits per heavy atom. The van der Waals surface area contributed by atoms with Crippen molar-refractivity contribution in [1.29, 1.82) is 0 Å². The number of carboxylic acids is 1. The van der Waals surface area contributed by atoms with Gasteiger partial charge in [0.1, 0.15) is 0 Å². The lowest BCUT2D eigenvalue weighted by atomic mass is 9.80. The summed E-state index contributed by atoms with van der Waals surface area (Å²) < 4.78 is 4.78. The SMILES string of the molecule is CCCCCCCCCCCCC/C=C1\CC[C@H](CCCC(=O)O)[C@H](O)[C@@H]1SCC(=O)OC. The number of thioether (sulfide) groups is 1. The molecule has 0 aromatic heterocycles. The first-order chi connectivity index (χ1) is 16.0. The van der Waals surface area contributed by atoms with Crippen LogP contribution in [0.2, 0.25) is 0 Å². The number of esters is 1. The van der Waals surface area contributed by atoms with Gasteiger partial charge < -0.3 is 14.9 Å². The number of carbonyl (C=O) groups is 2. The minimum absolute atomic E-state index is 0.0959. The number of unbranched alkanes of at least 4 members (excludes halogenated alkanes) is 11. The molecule has 0 spiro atoms. The number of carbonyl (C=O) groups excluding carboxylic acids is 1. The highest BCUT2D eigenvalue weighted by molar-refractivity contribution is 8.00. The third-order valence-electron chi connectivity index (χ3n) is 6.75. The molecule has 1 aliphatic rings. The summed E-state index contributed by atoms with van der Waals surface area (Å²) in [5.41, 5.74) is 1.25. The molecule has 192 valence electrons. The summed E-state index contributed by atoms with van der Waals surface area (Å²) in [4.78, 5) is 22.5. The fourth-order valence-corrected chi connectivity index (χ4v) is 5.98. The molecule has 33 heavy (non-hydrogen) atoms. The van der Waals surface area contributed by atoms with E-state index in [1.54, 1.807) is 0 Å². The van der Waals surface area contributed by atoms with Gasteiger partial charge in [-0.3, -0.25) is 9.59 Å². The van der Waals surface area contributed by atoms with Crippen molar-refractivity contribution in [3.8, 4) is 0 Å². The molecule has 1 aliphatic carbocycles. The van der Waals surface area contributed by atoms with Crippen molar-refractivity contribution in [2.75, 3.05) is 12.9 Å². The summed E-state index contributed by atoms with van der Waals surface area (Å²) in [5.74, 6) is -0.733. The Labute approximate surface area is 206 Å². The van der Waals surface area contributed by atoms with Gasteiger partial charge in [-0.25, -0.2) is 0 Å². The van der Waals surface area contributed by atoms with Gasteiger partial charge in [0, 0.05) is 6.42 Å². The zero-order valence-corrected chi connectivity index (χ0v) is 21.9. The van der Waals surface area contributed by atoms with Crippen LogP contribution < -0.4 is 0 Å². The van der Waals surface area contributed by atoms with Crippen LogP contribution in [0.4, 0.5) is 0 Å². The van der Waals surface area contributed by atoms with Crippen LogP contribution in [-0.4, -0.2) is 46.4 Å². The van der Waals surface area contributed by atoms with Gasteiger partial charge >= 0.3 is 11.9 Å². The maximum Gasteiger partial charge on any atom is 0.315 e. The van der Waals surface area contributed by atoms with Crippen LogP contribution in [0.25, 0.3) is 0 Å². The zero-order valence-electron chi connectivity index (χ0n) is 21.1. The van der Waals surface area contributed by atoms with Crippen molar-refractivity contribution in [3.63, 3.8) is 0 Å². The zero-order chi connectivity index (χ0) is 24.3. The molecule has 0 unspecified atom stereocenters. The summed E-state index contributed by atoms with van der Waals surface area (Å²) in [6.07, 6.45) is 20.7. The molecule has 5 nitrogen and oxygen atoms in total. The summed E-state index contributed by atoms with van der Waals surface area (Å²) in [7, 11) is 1.39. The molecule has 0 amide bonds. The Kier molecular flexibility index (Phi) is 17.6. The van der Waals surface area contributed by atoms with Crippen LogP contribution in [0.3, 0.4) is 0 Å². The Balaban J connectivity index is 2.37. The number of aliphatic hydroxyl groups is 1. The van der Waals surface area contributed by atoms with E-state index in [1.807, 2.05) is 0 Å². The van der Waals surface area contributed by atoms with Gasteiger partial charge in [0.15, 0.2) is 0 Å². The van der Waals surface area contributed by atoms with E-state index in [0.717, 1.165) is 19.3 Å². The van der Waals surface area contributed by atoms with Gasteiger partial charge in [0.05, 0.1) is 24.2 Å². The van der Waals surface area contributed by atoms with Crippen LogP contribution in [-0.2, 0) is 14.3 Å². The van der Waals surface area contributed by atoms with Gasteiger partial charge in [-0.2, -0.15) is 0 Å². The summed E-state index contributed by atoms with van der Waals surface area (Å²) >= 11 is 1.46. The third kappa shape index (κ3) is 14.1. The van der Waals surface area contributed by atoms with Crippen molar-refractivity contribution < 1.29 is 24.5 Å². The van der Waals surface area contributed by atoms with Crippen LogP contribution in [0.1, 0.15) is 116 Å². The highest BCUT2D eigenvalue weighted by atomic mass is 32.2. The number of hydrogen-bond donors (Lipinski definition) is 2. The predicted molar refractivity (Wildman–Crippen MR) is 138 cm³/mol. The fourth-order valence-electron chi connectivity index (χ4n) is 4.70. The quantitative estimate of drug-likeness (QED) is 0.118. The number of hydrogen-bond acceptors (Lipinski definition) is 5. The van der Waals surface area contributed by atoms with Gasteiger partial charge in [0.2, 0.25) is 0 Å². The number of aliphatic hydroxyl groups excluding tert-OH is 1. The van der Waals surface area contributed by atoms with Crippen molar-refractivity contribution in [2.24, 2.45) is 5.92 Å². The van der Waals surface area contributed by atoms with Crippen LogP contribution in [0, 0.1) is 5.92 Å². The average Bonchev–Trinajstić information content (AvgIpc) is 2.80. The van der Waals surface area contributed by atoms with E-state index in [-0.39, 0.29) is 29.3 Å². The first-order valence-electron chi connectivity index (χ1n) is 13.3. The smallest absolute Gasteiger partial charge is 0.315 e. The van der Waals surface area contributed by atoms with Crippen molar-refractivity contribution in [2.45, 2.75) is 127 Å². The topological polar surface area (TPSA) is 83.8 Å². The van der Waals surface area contributed by atoms with E-state index in [9.17, 15) is 14.7 Å². The van der Waals surface area contributed by atoms with Crippen molar-refractivity contribution >= 4 is 23.7 Å². The lowest BCUT2D eigenvalue weighted by molar-refractivity contribution is -0.138. The molecular weight excluding hydrogens is 436 g/mol. The fraction of sp³-hybridized carbons (Fsp3) is 0.852. The molecule has 0 aliphatic heterocycles. The number of aliphatic carboxylic acids is 1. The molecule has 2 N–H and O–H groups in total. The molecule has 0 aromatic carbocycles. The van der Waals surface area contributed by atoms with E-state index < -0.39 is 12.1 Å². The van der Waals surface area contributed by atoms with E-state index in [0.29, 0.717) is 12.8 Å². The second kappa shape index (κ2) is 19.3. The Morgan fingerprint density at radius 3 is 2.18 bits per heavy atom. The summed E-state index contributed by atoms with van der Waals surface area (Å²) in [6, 6.07) is 0. The predicted octanol–water partition coefficient (Wildman–Crippen LogP) is 6.91. The molecule has 0 saturated heterocycles. The molecular formula is C27H48O5S. The Hall–Kier alpha value is -1.01. The molecule has 6 heteroatoms. The highest BCUT2D eigenvalue weighted by Crippen LogP contribution is 2.39. The summed E-state index contributed by atoms with van der Waals surface area (Å²) in [6.45, 7) is 2.26. The number of methoxy groups -OCH3 is 1. The number of carboxylic acid groups (broad SMARTS) is 1. The summed E-state index contributed by atoms with van der Waals surface area (Å²) in [5, 5.41) is 19.8. The normalized spacial score (nSPS) is 21.9. The van der Waals surface area contributed by atoms with Gasteiger partial charge in [-0.1, -0.05) is 82.8 Å². The van der Waals surface area contributed by atoms with Gasteiger partial charge in [-0.05, 0) is 44.4 Å². The maximum atomic E-state index is 11.7. The monoisotopic (exact) mass is 484 g/mol. The van der Waals surface area contributed by atoms with E-state index >= 15 is 0 Å². The lowest BCUT2D eigenvalue weighted by Gasteiger charge is -2.36. The molecule has 1 rings (SSSR count). The first kappa shape index (κ1) is 30.0. The number of rotatable bonds is 19. The number of allylic oxidation sites excluding steroid dienone is 1. The largest absolute Gasteiger partial charge is 0.481 e. The standard InChI is InChI=1S/C27H48O5S/c1-3-4-5-6-7-8-9-10-11-12-13-14-16-23-20-19-22(17-15-18-24(28)29)26(31)27(23)33-21-25(30)32-2/h16,22,26-27,31H,3-15,17-21H2,1-2H3,(H,28,29)/b23-16+/t22-,26-,27+/m0/s1. The van der Waals surface area contributed by atoms with E-state index in [4.69, 9.17) is 9.84 Å². The Morgan fingerprint density at radius 1 is 1.00 bits per heavy atom. The first-order valence-corrected chi connectivity index (χ1v) is 14.3. The highest BCUT2D eigenvalue weighted by Gasteiger charge is 2.35. The second-order valence-corrected chi connectivity index (χ2v) is 10.6. The van der Waals surface area contributed by atoms with E-state index in [2.05, 4.69) is 13.0 Å².